The summed E-state index contributed by atoms with van der Waals surface area (Å²) in [5, 5.41) is 2.22. The molecule has 3 rings (SSSR count). The molecule has 0 spiro atoms. The van der Waals surface area contributed by atoms with Crippen molar-refractivity contribution >= 4 is 16.6 Å². The Bertz CT molecular complexity index is 560. The van der Waals surface area contributed by atoms with E-state index in [4.69, 9.17) is 4.74 Å². The third-order valence-corrected chi connectivity index (χ3v) is 3.12. The third kappa shape index (κ3) is 1.94. The molecule has 1 atom stereocenters. The first kappa shape index (κ1) is 10.4. The second kappa shape index (κ2) is 4.26. The molecule has 0 amide bonds. The Morgan fingerprint density at radius 2 is 2.12 bits per heavy atom. The van der Waals surface area contributed by atoms with Crippen LogP contribution in [0.5, 0.6) is 0 Å². The number of aromatic nitrogens is 1. The number of ketones is 1. The SMILES string of the molecule is O=C1CCOC(c2nccc3ccccc23)C1. The maximum Gasteiger partial charge on any atom is 0.138 e. The molecule has 0 saturated carbocycles. The van der Waals surface area contributed by atoms with Crippen LogP contribution in [0.15, 0.2) is 36.5 Å². The smallest absolute Gasteiger partial charge is 0.138 e. The summed E-state index contributed by atoms with van der Waals surface area (Å²) in [7, 11) is 0. The second-order valence-electron chi connectivity index (χ2n) is 4.27. The van der Waals surface area contributed by atoms with E-state index in [2.05, 4.69) is 4.98 Å². The van der Waals surface area contributed by atoms with Crippen molar-refractivity contribution in [3.63, 3.8) is 0 Å². The van der Waals surface area contributed by atoms with Gasteiger partial charge in [-0.05, 0) is 11.5 Å². The summed E-state index contributed by atoms with van der Waals surface area (Å²) in [6.07, 6.45) is 2.57. The molecule has 0 aliphatic carbocycles. The Balaban J connectivity index is 2.07. The van der Waals surface area contributed by atoms with Gasteiger partial charge in [0, 0.05) is 24.4 Å². The molecule has 2 aromatic rings. The lowest BCUT2D eigenvalue weighted by Gasteiger charge is -2.22. The first-order chi connectivity index (χ1) is 8.34. The lowest BCUT2D eigenvalue weighted by molar-refractivity contribution is -0.128. The van der Waals surface area contributed by atoms with Gasteiger partial charge in [-0.1, -0.05) is 24.3 Å². The van der Waals surface area contributed by atoms with Crippen LogP contribution in [0, 0.1) is 0 Å². The van der Waals surface area contributed by atoms with Gasteiger partial charge in [0.25, 0.3) is 0 Å². The van der Waals surface area contributed by atoms with Gasteiger partial charge >= 0.3 is 0 Å². The van der Waals surface area contributed by atoms with E-state index >= 15 is 0 Å². The van der Waals surface area contributed by atoms with Crippen molar-refractivity contribution in [3.8, 4) is 0 Å². The van der Waals surface area contributed by atoms with Crippen molar-refractivity contribution < 1.29 is 9.53 Å². The van der Waals surface area contributed by atoms with Gasteiger partial charge in [-0.3, -0.25) is 9.78 Å². The highest BCUT2D eigenvalue weighted by atomic mass is 16.5. The molecule has 1 aliphatic heterocycles. The molecule has 1 saturated heterocycles. The van der Waals surface area contributed by atoms with Gasteiger partial charge in [0.2, 0.25) is 0 Å². The average Bonchev–Trinajstić information content (AvgIpc) is 2.38. The molecule has 1 fully saturated rings. The number of pyridine rings is 1. The van der Waals surface area contributed by atoms with Gasteiger partial charge in [-0.2, -0.15) is 0 Å². The summed E-state index contributed by atoms with van der Waals surface area (Å²) >= 11 is 0. The Labute approximate surface area is 99.4 Å². The van der Waals surface area contributed by atoms with Crippen LogP contribution in [0.2, 0.25) is 0 Å². The van der Waals surface area contributed by atoms with Crippen molar-refractivity contribution in [2.24, 2.45) is 0 Å². The van der Waals surface area contributed by atoms with E-state index in [1.807, 2.05) is 30.3 Å². The lowest BCUT2D eigenvalue weighted by atomic mass is 10.0. The van der Waals surface area contributed by atoms with Crippen LogP contribution in [0.3, 0.4) is 0 Å². The van der Waals surface area contributed by atoms with Crippen molar-refractivity contribution in [1.82, 2.24) is 4.98 Å². The van der Waals surface area contributed by atoms with Gasteiger partial charge in [-0.25, -0.2) is 0 Å². The molecule has 1 aliphatic rings. The van der Waals surface area contributed by atoms with Crippen LogP contribution in [0.4, 0.5) is 0 Å². The lowest BCUT2D eigenvalue weighted by Crippen LogP contribution is -2.20. The highest BCUT2D eigenvalue weighted by Crippen LogP contribution is 2.29. The number of carbonyl (C=O) groups excluding carboxylic acids is 1. The fourth-order valence-corrected chi connectivity index (χ4v) is 2.26. The maximum absolute atomic E-state index is 11.5. The van der Waals surface area contributed by atoms with Gasteiger partial charge in [0.05, 0.1) is 12.3 Å². The number of ether oxygens (including phenoxy) is 1. The summed E-state index contributed by atoms with van der Waals surface area (Å²) in [6, 6.07) is 10.0. The van der Waals surface area contributed by atoms with Gasteiger partial charge in [0.15, 0.2) is 0 Å². The second-order valence-corrected chi connectivity index (χ2v) is 4.27. The standard InChI is InChI=1S/C14H13NO2/c16-11-6-8-17-13(9-11)14-12-4-2-1-3-10(12)5-7-15-14/h1-5,7,13H,6,8-9H2. The van der Waals surface area contributed by atoms with E-state index < -0.39 is 0 Å². The van der Waals surface area contributed by atoms with Gasteiger partial charge in [-0.15, -0.1) is 0 Å². The van der Waals surface area contributed by atoms with Crippen molar-refractivity contribution in [1.29, 1.82) is 0 Å². The van der Waals surface area contributed by atoms with Crippen LogP contribution in [-0.2, 0) is 9.53 Å². The average molecular weight is 227 g/mol. The van der Waals surface area contributed by atoms with E-state index in [-0.39, 0.29) is 11.9 Å². The minimum Gasteiger partial charge on any atom is -0.371 e. The zero-order chi connectivity index (χ0) is 11.7. The molecular formula is C14H13NO2. The monoisotopic (exact) mass is 227 g/mol. The zero-order valence-electron chi connectivity index (χ0n) is 9.43. The van der Waals surface area contributed by atoms with Crippen LogP contribution in [0.1, 0.15) is 24.6 Å². The maximum atomic E-state index is 11.5. The highest BCUT2D eigenvalue weighted by molar-refractivity contribution is 5.86. The summed E-state index contributed by atoms with van der Waals surface area (Å²) in [6.45, 7) is 0.508. The Morgan fingerprint density at radius 3 is 3.00 bits per heavy atom. The van der Waals surface area contributed by atoms with Crippen molar-refractivity contribution in [2.45, 2.75) is 18.9 Å². The zero-order valence-corrected chi connectivity index (χ0v) is 9.43. The quantitative estimate of drug-likeness (QED) is 0.751. The van der Waals surface area contributed by atoms with E-state index in [1.165, 1.54) is 0 Å². The van der Waals surface area contributed by atoms with Gasteiger partial charge < -0.3 is 4.74 Å². The number of hydrogen-bond acceptors (Lipinski definition) is 3. The molecule has 1 aromatic heterocycles. The molecule has 2 heterocycles. The number of rotatable bonds is 1. The summed E-state index contributed by atoms with van der Waals surface area (Å²) in [5.74, 6) is 0.260. The molecule has 0 bridgehead atoms. The highest BCUT2D eigenvalue weighted by Gasteiger charge is 2.24. The van der Waals surface area contributed by atoms with Gasteiger partial charge in [0.1, 0.15) is 11.9 Å². The van der Waals surface area contributed by atoms with E-state index in [9.17, 15) is 4.79 Å². The predicted octanol–water partition coefficient (Wildman–Crippen LogP) is 2.66. The minimum absolute atomic E-state index is 0.178. The van der Waals surface area contributed by atoms with E-state index in [0.29, 0.717) is 19.4 Å². The van der Waals surface area contributed by atoms with Crippen LogP contribution in [0.25, 0.3) is 10.8 Å². The fraction of sp³-hybridized carbons (Fsp3) is 0.286. The third-order valence-electron chi connectivity index (χ3n) is 3.12. The van der Waals surface area contributed by atoms with Crippen LogP contribution < -0.4 is 0 Å². The van der Waals surface area contributed by atoms with E-state index in [1.54, 1.807) is 6.20 Å². The van der Waals surface area contributed by atoms with Crippen molar-refractivity contribution in [2.75, 3.05) is 6.61 Å². The molecule has 3 nitrogen and oxygen atoms in total. The first-order valence-corrected chi connectivity index (χ1v) is 5.81. The summed E-state index contributed by atoms with van der Waals surface area (Å²) < 4.78 is 5.66. The summed E-state index contributed by atoms with van der Waals surface area (Å²) in [4.78, 5) is 15.9. The normalized spacial score (nSPS) is 20.7. The Morgan fingerprint density at radius 1 is 1.24 bits per heavy atom. The topological polar surface area (TPSA) is 39.2 Å². The molecule has 1 aromatic carbocycles. The Hall–Kier alpha value is -1.74. The molecule has 1 unspecified atom stereocenters. The number of Topliss-reactive ketones (excluding diaryl/α,β-unsaturated/α-hetero) is 1. The summed E-state index contributed by atoms with van der Waals surface area (Å²) in [5.41, 5.74) is 0.885. The number of benzene rings is 1. The number of carbonyl (C=O) groups is 1. The fourth-order valence-electron chi connectivity index (χ4n) is 2.26. The molecular weight excluding hydrogens is 214 g/mol. The predicted molar refractivity (Wildman–Crippen MR) is 64.7 cm³/mol. The first-order valence-electron chi connectivity index (χ1n) is 5.81. The number of fused-ring (bicyclic) bond motifs is 1. The molecule has 17 heavy (non-hydrogen) atoms. The molecule has 3 heteroatoms. The van der Waals surface area contributed by atoms with E-state index in [0.717, 1.165) is 16.5 Å². The molecule has 0 N–H and O–H groups in total. The Kier molecular flexibility index (Phi) is 2.61. The van der Waals surface area contributed by atoms with Crippen LogP contribution in [-0.4, -0.2) is 17.4 Å². The largest absolute Gasteiger partial charge is 0.371 e. The number of nitrogens with zero attached hydrogens (tertiary/aromatic N) is 1. The van der Waals surface area contributed by atoms with Crippen molar-refractivity contribution in [3.05, 3.63) is 42.2 Å². The number of hydrogen-bond donors (Lipinski definition) is 0. The minimum atomic E-state index is -0.178. The molecule has 86 valence electrons. The molecule has 0 radical (unpaired) electrons. The van der Waals surface area contributed by atoms with Crippen LogP contribution >= 0.6 is 0 Å².